The Labute approximate surface area is 623 Å². The Bertz CT molecular complexity index is 6010. The Hall–Kier alpha value is -12.9. The van der Waals surface area contributed by atoms with Gasteiger partial charge in [-0.1, -0.05) is 337 Å². The highest BCUT2D eigenvalue weighted by atomic mass is 15.2. The van der Waals surface area contributed by atoms with Crippen LogP contribution in [0.4, 0.5) is 34.1 Å². The second-order valence-electron chi connectivity index (χ2n) is 29.4. The van der Waals surface area contributed by atoms with E-state index in [1.54, 1.807) is 0 Å². The number of benzene rings is 16. The minimum atomic E-state index is -0.468. The zero-order chi connectivity index (χ0) is 70.1. The van der Waals surface area contributed by atoms with E-state index in [2.05, 4.69) is 414 Å². The number of rotatable bonds is 9. The van der Waals surface area contributed by atoms with E-state index in [1.165, 1.54) is 173 Å². The van der Waals surface area contributed by atoms with Crippen molar-refractivity contribution in [1.29, 1.82) is 0 Å². The van der Waals surface area contributed by atoms with Gasteiger partial charge < -0.3 is 9.80 Å². The van der Waals surface area contributed by atoms with E-state index in [0.29, 0.717) is 0 Å². The lowest BCUT2D eigenvalue weighted by molar-refractivity contribution is 0.660. The summed E-state index contributed by atoms with van der Waals surface area (Å²) < 4.78 is 0. The third kappa shape index (κ3) is 9.36. The van der Waals surface area contributed by atoms with Crippen molar-refractivity contribution in [2.45, 2.75) is 51.4 Å². The summed E-state index contributed by atoms with van der Waals surface area (Å²) >= 11 is 0. The van der Waals surface area contributed by atoms with Crippen LogP contribution in [-0.2, 0) is 16.2 Å². The fourth-order valence-corrected chi connectivity index (χ4v) is 19.3. The van der Waals surface area contributed by atoms with Gasteiger partial charge in [-0.25, -0.2) is 0 Å². The molecule has 0 aliphatic heterocycles. The first-order chi connectivity index (χ1) is 51.7. The van der Waals surface area contributed by atoms with Gasteiger partial charge in [0.1, 0.15) is 0 Å². The average molecular weight is 1360 g/mol. The van der Waals surface area contributed by atoms with Crippen molar-refractivity contribution in [3.05, 3.63) is 443 Å². The summed E-state index contributed by atoms with van der Waals surface area (Å²) in [6.07, 6.45) is 0. The first-order valence-electron chi connectivity index (χ1n) is 36.9. The monoisotopic (exact) mass is 1350 g/mol. The lowest BCUT2D eigenvalue weighted by atomic mass is 9.70. The molecule has 0 radical (unpaired) electrons. The molecule has 2 heteroatoms. The molecule has 0 atom stereocenters. The summed E-state index contributed by atoms with van der Waals surface area (Å²) in [5.74, 6) is 0. The molecule has 16 aromatic rings. The van der Waals surface area contributed by atoms with Gasteiger partial charge in [-0.05, 0) is 219 Å². The predicted molar refractivity (Wildman–Crippen MR) is 445 cm³/mol. The first-order valence-corrected chi connectivity index (χ1v) is 36.9. The summed E-state index contributed by atoms with van der Waals surface area (Å²) in [7, 11) is 0. The van der Waals surface area contributed by atoms with Crippen LogP contribution in [0, 0.1) is 13.8 Å². The van der Waals surface area contributed by atoms with Crippen molar-refractivity contribution in [2.24, 2.45) is 0 Å². The molecule has 0 aromatic heterocycles. The van der Waals surface area contributed by atoms with Crippen LogP contribution in [0.25, 0.3) is 89.0 Å². The van der Waals surface area contributed by atoms with E-state index in [0.717, 1.165) is 17.1 Å². The van der Waals surface area contributed by atoms with Gasteiger partial charge in [-0.2, -0.15) is 0 Å². The number of nitrogens with zero attached hydrogens (tertiary/aromatic N) is 2. The second-order valence-corrected chi connectivity index (χ2v) is 29.4. The fourth-order valence-electron chi connectivity index (χ4n) is 19.3. The predicted octanol–water partition coefficient (Wildman–Crippen LogP) is 27.6. The minimum Gasteiger partial charge on any atom is -0.310 e. The summed E-state index contributed by atoms with van der Waals surface area (Å²) in [4.78, 5) is 5.06. The first kappa shape index (κ1) is 64.0. The summed E-state index contributed by atoms with van der Waals surface area (Å²) in [5, 5.41) is 0. The molecule has 0 N–H and O–H groups in total. The van der Waals surface area contributed by atoms with Gasteiger partial charge in [-0.15, -0.1) is 0 Å². The van der Waals surface area contributed by atoms with Crippen LogP contribution in [0.15, 0.2) is 376 Å². The molecule has 0 fully saturated rings. The third-order valence-corrected chi connectivity index (χ3v) is 23.6. The largest absolute Gasteiger partial charge is 0.310 e. The molecule has 21 rings (SSSR count). The Morgan fingerprint density at radius 1 is 0.217 bits per heavy atom. The van der Waals surface area contributed by atoms with Gasteiger partial charge in [0, 0.05) is 33.6 Å². The average Bonchev–Trinajstić information content (AvgIpc) is 1.51. The maximum absolute atomic E-state index is 2.53. The molecule has 16 aromatic carbocycles. The molecule has 0 heterocycles. The molecule has 0 saturated heterocycles. The van der Waals surface area contributed by atoms with E-state index in [9.17, 15) is 0 Å². The second kappa shape index (κ2) is 24.9. The summed E-state index contributed by atoms with van der Waals surface area (Å²) in [5.41, 5.74) is 42.5. The van der Waals surface area contributed by atoms with Crippen LogP contribution >= 0.6 is 0 Å². The lowest BCUT2D eigenvalue weighted by Crippen LogP contribution is -2.28. The van der Waals surface area contributed by atoms with Crippen molar-refractivity contribution in [3.63, 3.8) is 0 Å². The van der Waals surface area contributed by atoms with Crippen LogP contribution < -0.4 is 9.80 Å². The summed E-state index contributed by atoms with van der Waals surface area (Å²) in [6.45, 7) is 9.28. The van der Waals surface area contributed by atoms with Gasteiger partial charge in [-0.3, -0.25) is 0 Å². The molecule has 0 bridgehead atoms. The van der Waals surface area contributed by atoms with E-state index in [-0.39, 0.29) is 12.8 Å². The Balaban J connectivity index is 0.000000144. The number of anilines is 6. The van der Waals surface area contributed by atoms with Crippen molar-refractivity contribution in [2.75, 3.05) is 9.80 Å². The Morgan fingerprint density at radius 3 is 1.02 bits per heavy atom. The number of hydrogen-bond donors (Lipinski definition) is 0. The highest BCUT2D eigenvalue weighted by molar-refractivity contribution is 6.03. The molecule has 0 amide bonds. The molecule has 106 heavy (non-hydrogen) atoms. The molecule has 2 nitrogen and oxygen atoms in total. The van der Waals surface area contributed by atoms with E-state index >= 15 is 0 Å². The van der Waals surface area contributed by atoms with E-state index in [1.807, 2.05) is 0 Å². The fraction of sp³-hybridized carbons (Fsp3) is 0.0769. The maximum Gasteiger partial charge on any atom is 0.0746 e. The van der Waals surface area contributed by atoms with E-state index < -0.39 is 10.8 Å². The molecule has 5 aliphatic carbocycles. The molecule has 0 unspecified atom stereocenters. The van der Waals surface area contributed by atoms with Gasteiger partial charge in [0.05, 0.1) is 27.9 Å². The molecule has 2 spiro atoms. The molecular formula is C104H78N2. The molecule has 504 valence electrons. The Kier molecular flexibility index (Phi) is 15.1. The lowest BCUT2D eigenvalue weighted by Gasteiger charge is -2.36. The Morgan fingerprint density at radius 2 is 0.538 bits per heavy atom. The zero-order valence-corrected chi connectivity index (χ0v) is 59.2. The van der Waals surface area contributed by atoms with E-state index in [4.69, 9.17) is 0 Å². The van der Waals surface area contributed by atoms with Crippen LogP contribution in [0.3, 0.4) is 0 Å². The highest BCUT2D eigenvalue weighted by Gasteiger charge is 2.55. The van der Waals surface area contributed by atoms with Gasteiger partial charge >= 0.3 is 0 Å². The van der Waals surface area contributed by atoms with Crippen molar-refractivity contribution in [3.8, 4) is 89.0 Å². The smallest absolute Gasteiger partial charge is 0.0746 e. The topological polar surface area (TPSA) is 6.48 Å². The van der Waals surface area contributed by atoms with Gasteiger partial charge in [0.25, 0.3) is 0 Å². The maximum atomic E-state index is 2.53. The summed E-state index contributed by atoms with van der Waals surface area (Å²) in [6, 6.07) is 140. The molecular weight excluding hydrogens is 1280 g/mol. The van der Waals surface area contributed by atoms with Crippen LogP contribution in [0.1, 0.15) is 88.0 Å². The van der Waals surface area contributed by atoms with Gasteiger partial charge in [0.15, 0.2) is 0 Å². The normalized spacial score (nSPS) is 13.6. The van der Waals surface area contributed by atoms with Crippen LogP contribution in [0.5, 0.6) is 0 Å². The zero-order valence-electron chi connectivity index (χ0n) is 59.2. The SMILES string of the molecule is C.CC1(C)c2ccccc2-c2ccc(N(c3ccc(-c4ccccc4)cc3)c3cccc4c3C3(c5ccccc5-c5ccccc53)c3ccccc3-4)cc21.Cc1cc(-c2ccccc2)cc(C)c1N(c1ccc(-c2ccccc2)cc1)c1cccc2c1-c1ccccc1C21c2ccccc2-c2ccccc21. The number of aryl methyl sites for hydroxylation is 2. The van der Waals surface area contributed by atoms with Crippen molar-refractivity contribution < 1.29 is 0 Å². The van der Waals surface area contributed by atoms with Crippen molar-refractivity contribution in [1.82, 2.24) is 0 Å². The van der Waals surface area contributed by atoms with Gasteiger partial charge in [0.2, 0.25) is 0 Å². The third-order valence-electron chi connectivity index (χ3n) is 23.6. The number of fused-ring (bicyclic) bond motifs is 23. The quantitative estimate of drug-likeness (QED) is 0.142. The number of hydrogen-bond acceptors (Lipinski definition) is 2. The van der Waals surface area contributed by atoms with Crippen molar-refractivity contribution >= 4 is 34.1 Å². The molecule has 0 saturated carbocycles. The van der Waals surface area contributed by atoms with Crippen LogP contribution in [0.2, 0.25) is 0 Å². The van der Waals surface area contributed by atoms with Crippen LogP contribution in [-0.4, -0.2) is 0 Å². The molecule has 5 aliphatic rings. The highest BCUT2D eigenvalue weighted by Crippen LogP contribution is 2.68. The standard InChI is InChI=1S/C52H37N.C51H37N.CH4/c1-51(2)44-22-10-6-17-38(44)42-32-31-37(33-48(42)51)53(36-29-27-35(28-30-36)34-15-4-3-5-16-34)49-26-14-21-43-41-20-9-13-25-47(41)52(50(43)49)45-23-11-7-18-39(45)40-19-8-12-24-46(40)52;1-34-32-39(37-18-7-4-8-19-37)33-35(2)50(34)52(40-30-28-38(29-31-40)36-16-5-3-6-17-36)48-27-15-26-47-49(48)43-22-11-14-25-46(43)51(47)44-23-12-9-20-41(44)42-21-10-13-24-45(42)51;/h3-33H,1-2H3;3-33H,1-2H3;1H4. The minimum absolute atomic E-state index is 0.